The molecule has 2 rings (SSSR count). The molecule has 2 aromatic rings. The van der Waals surface area contributed by atoms with Crippen molar-refractivity contribution in [3.8, 4) is 11.5 Å². The average Bonchev–Trinajstić information content (AvgIpc) is 2.71. The summed E-state index contributed by atoms with van der Waals surface area (Å²) in [5, 5.41) is 4.11. The van der Waals surface area contributed by atoms with Gasteiger partial charge in [0.1, 0.15) is 6.61 Å². The van der Waals surface area contributed by atoms with Crippen LogP contribution in [0.15, 0.2) is 36.4 Å². The molecule has 2 aromatic carbocycles. The van der Waals surface area contributed by atoms with Crippen LogP contribution in [0.4, 0.5) is 0 Å². The predicted octanol–water partition coefficient (Wildman–Crippen LogP) is 7.50. The van der Waals surface area contributed by atoms with Crippen LogP contribution in [0.1, 0.15) is 69.1 Å². The summed E-state index contributed by atoms with van der Waals surface area (Å²) in [7, 11) is 0. The summed E-state index contributed by atoms with van der Waals surface area (Å²) in [5.41, 5.74) is 3.46. The van der Waals surface area contributed by atoms with Crippen LogP contribution >= 0.6 is 24.0 Å². The number of hydrogen-bond donors (Lipinski definition) is 1. The molecule has 0 aliphatic rings. The highest BCUT2D eigenvalue weighted by molar-refractivity contribution is 6.32. The molecule has 0 unspecified atom stereocenters. The van der Waals surface area contributed by atoms with E-state index < -0.39 is 0 Å². The van der Waals surface area contributed by atoms with E-state index in [9.17, 15) is 0 Å². The van der Waals surface area contributed by atoms with Gasteiger partial charge in [0.25, 0.3) is 0 Å². The van der Waals surface area contributed by atoms with Gasteiger partial charge in [-0.1, -0.05) is 80.5 Å². The lowest BCUT2D eigenvalue weighted by molar-refractivity contribution is 0.269. The van der Waals surface area contributed by atoms with Gasteiger partial charge in [-0.25, -0.2) is 0 Å². The third-order valence-electron chi connectivity index (χ3n) is 4.91. The van der Waals surface area contributed by atoms with E-state index in [4.69, 9.17) is 21.1 Å². The second kappa shape index (κ2) is 15.4. The standard InChI is InChI=1S/C25H36ClNO2.ClH/c1-4-6-7-8-9-10-15-27-18-22-16-23(26)25(24(17-22)28-5-2)29-19-21-13-11-20(3)12-14-21;/h11-14,16-17,27H,4-10,15,18-19H2,1-3H3;1H. The Kier molecular flexibility index (Phi) is 13.7. The zero-order valence-electron chi connectivity index (χ0n) is 18.6. The molecule has 1 N–H and O–H groups in total. The Balaban J connectivity index is 0.00000450. The van der Waals surface area contributed by atoms with Gasteiger partial charge < -0.3 is 14.8 Å². The fourth-order valence-corrected chi connectivity index (χ4v) is 3.52. The van der Waals surface area contributed by atoms with Gasteiger partial charge in [0.2, 0.25) is 0 Å². The molecule has 0 aromatic heterocycles. The maximum absolute atomic E-state index is 6.54. The van der Waals surface area contributed by atoms with E-state index in [2.05, 4.69) is 43.4 Å². The van der Waals surface area contributed by atoms with Gasteiger partial charge in [0.05, 0.1) is 11.6 Å². The lowest BCUT2D eigenvalue weighted by atomic mass is 10.1. The highest BCUT2D eigenvalue weighted by Gasteiger charge is 2.13. The minimum atomic E-state index is 0. The van der Waals surface area contributed by atoms with E-state index in [1.54, 1.807) is 0 Å². The van der Waals surface area contributed by atoms with Gasteiger partial charge in [0, 0.05) is 6.54 Å². The number of aryl methyl sites for hydroxylation is 1. The van der Waals surface area contributed by atoms with Crippen molar-refractivity contribution in [2.24, 2.45) is 0 Å². The van der Waals surface area contributed by atoms with Crippen molar-refractivity contribution in [1.29, 1.82) is 0 Å². The van der Waals surface area contributed by atoms with E-state index in [1.165, 1.54) is 44.1 Å². The summed E-state index contributed by atoms with van der Waals surface area (Å²) >= 11 is 6.54. The summed E-state index contributed by atoms with van der Waals surface area (Å²) in [6, 6.07) is 12.3. The molecule has 30 heavy (non-hydrogen) atoms. The van der Waals surface area contributed by atoms with Crippen LogP contribution in [-0.4, -0.2) is 13.2 Å². The minimum absolute atomic E-state index is 0. The van der Waals surface area contributed by atoms with Crippen molar-refractivity contribution in [3.63, 3.8) is 0 Å². The number of halogens is 2. The monoisotopic (exact) mass is 453 g/mol. The Labute approximate surface area is 193 Å². The van der Waals surface area contributed by atoms with Gasteiger partial charge in [-0.05, 0) is 50.1 Å². The number of rotatable bonds is 14. The predicted molar refractivity (Wildman–Crippen MR) is 130 cm³/mol. The molecule has 0 fully saturated rings. The highest BCUT2D eigenvalue weighted by Crippen LogP contribution is 2.37. The summed E-state index contributed by atoms with van der Waals surface area (Å²) < 4.78 is 11.8. The maximum atomic E-state index is 6.54. The third kappa shape index (κ3) is 9.59. The van der Waals surface area contributed by atoms with E-state index in [1.807, 2.05) is 19.1 Å². The van der Waals surface area contributed by atoms with E-state index in [-0.39, 0.29) is 12.4 Å². The molecule has 0 heterocycles. The van der Waals surface area contributed by atoms with Crippen LogP contribution in [0, 0.1) is 6.92 Å². The quantitative estimate of drug-likeness (QED) is 0.300. The highest BCUT2D eigenvalue weighted by atomic mass is 35.5. The van der Waals surface area contributed by atoms with Gasteiger partial charge in [0.15, 0.2) is 11.5 Å². The van der Waals surface area contributed by atoms with Crippen molar-refractivity contribution in [2.45, 2.75) is 72.4 Å². The van der Waals surface area contributed by atoms with Crippen LogP contribution in [0.25, 0.3) is 0 Å². The van der Waals surface area contributed by atoms with Gasteiger partial charge in [-0.3, -0.25) is 0 Å². The maximum Gasteiger partial charge on any atom is 0.180 e. The Bertz CT molecular complexity index is 720. The first-order valence-corrected chi connectivity index (χ1v) is 11.4. The summed E-state index contributed by atoms with van der Waals surface area (Å²) in [4.78, 5) is 0. The number of unbranched alkanes of at least 4 members (excludes halogenated alkanes) is 5. The Morgan fingerprint density at radius 1 is 0.867 bits per heavy atom. The van der Waals surface area contributed by atoms with Gasteiger partial charge in [-0.2, -0.15) is 0 Å². The molecule has 168 valence electrons. The largest absolute Gasteiger partial charge is 0.490 e. The molecular formula is C25H37Cl2NO2. The van der Waals surface area contributed by atoms with Crippen molar-refractivity contribution in [1.82, 2.24) is 5.32 Å². The first-order valence-electron chi connectivity index (χ1n) is 11.0. The lowest BCUT2D eigenvalue weighted by Gasteiger charge is -2.16. The van der Waals surface area contributed by atoms with Gasteiger partial charge in [-0.15, -0.1) is 12.4 Å². The van der Waals surface area contributed by atoms with Crippen LogP contribution in [0.2, 0.25) is 5.02 Å². The lowest BCUT2D eigenvalue weighted by Crippen LogP contribution is -2.15. The molecule has 3 nitrogen and oxygen atoms in total. The molecule has 0 amide bonds. The SMILES string of the molecule is CCCCCCCCNCc1cc(Cl)c(OCc2ccc(C)cc2)c(OCC)c1.Cl. The minimum Gasteiger partial charge on any atom is -0.490 e. The fraction of sp³-hybridized carbons (Fsp3) is 0.520. The van der Waals surface area contributed by atoms with Crippen molar-refractivity contribution < 1.29 is 9.47 Å². The van der Waals surface area contributed by atoms with E-state index >= 15 is 0 Å². The summed E-state index contributed by atoms with van der Waals surface area (Å²) in [5.74, 6) is 1.33. The molecule has 0 spiro atoms. The number of nitrogens with one attached hydrogen (secondary N) is 1. The zero-order chi connectivity index (χ0) is 20.9. The zero-order valence-corrected chi connectivity index (χ0v) is 20.2. The normalized spacial score (nSPS) is 10.5. The van der Waals surface area contributed by atoms with Crippen LogP contribution in [0.5, 0.6) is 11.5 Å². The molecule has 0 saturated carbocycles. The Morgan fingerprint density at radius 2 is 1.57 bits per heavy atom. The van der Waals surface area contributed by atoms with Crippen molar-refractivity contribution >= 4 is 24.0 Å². The first kappa shape index (κ1) is 26.6. The summed E-state index contributed by atoms with van der Waals surface area (Å²) in [6.07, 6.45) is 7.85. The van der Waals surface area contributed by atoms with Crippen LogP contribution in [0.3, 0.4) is 0 Å². The van der Waals surface area contributed by atoms with E-state index in [0.717, 1.165) is 24.2 Å². The van der Waals surface area contributed by atoms with E-state index in [0.29, 0.717) is 29.7 Å². The second-order valence-electron chi connectivity index (χ2n) is 7.56. The Hall–Kier alpha value is -1.42. The van der Waals surface area contributed by atoms with Crippen molar-refractivity contribution in [2.75, 3.05) is 13.2 Å². The van der Waals surface area contributed by atoms with Gasteiger partial charge >= 0.3 is 0 Å². The average molecular weight is 454 g/mol. The molecule has 0 aliphatic carbocycles. The smallest absolute Gasteiger partial charge is 0.180 e. The molecule has 0 aliphatic heterocycles. The molecule has 0 saturated heterocycles. The van der Waals surface area contributed by atoms with Crippen molar-refractivity contribution in [3.05, 3.63) is 58.1 Å². The number of benzene rings is 2. The molecule has 0 radical (unpaired) electrons. The van der Waals surface area contributed by atoms with Crippen LogP contribution < -0.4 is 14.8 Å². The number of hydrogen-bond acceptors (Lipinski definition) is 3. The Morgan fingerprint density at radius 3 is 2.27 bits per heavy atom. The molecular weight excluding hydrogens is 417 g/mol. The summed E-state index contributed by atoms with van der Waals surface area (Å²) in [6.45, 7) is 9.16. The number of ether oxygens (including phenoxy) is 2. The second-order valence-corrected chi connectivity index (χ2v) is 7.96. The molecule has 0 atom stereocenters. The molecule has 0 bridgehead atoms. The van der Waals surface area contributed by atoms with Crippen LogP contribution in [-0.2, 0) is 13.2 Å². The molecule has 5 heteroatoms. The topological polar surface area (TPSA) is 30.5 Å². The third-order valence-corrected chi connectivity index (χ3v) is 5.19. The fourth-order valence-electron chi connectivity index (χ4n) is 3.23. The first-order chi connectivity index (χ1) is 14.1.